The first-order valence-corrected chi connectivity index (χ1v) is 6.18. The molecule has 0 aromatic carbocycles. The second-order valence-electron chi connectivity index (χ2n) is 3.11. The number of primary sulfonamides is 1. The summed E-state index contributed by atoms with van der Waals surface area (Å²) in [5.41, 5.74) is 4.75. The van der Waals surface area contributed by atoms with Crippen LogP contribution in [0.25, 0.3) is 0 Å². The summed E-state index contributed by atoms with van der Waals surface area (Å²) in [5, 5.41) is 7.44. The summed E-state index contributed by atoms with van der Waals surface area (Å²) in [6.07, 6.45) is -0.846. The highest BCUT2D eigenvalue weighted by molar-refractivity contribution is 7.89. The molecule has 0 atom stereocenters. The Hall–Kier alpha value is -1.58. The minimum Gasteiger partial charge on any atom is -0.448 e. The summed E-state index contributed by atoms with van der Waals surface area (Å²) in [6.45, 7) is 0.782. The average molecular weight is 263 g/mol. The summed E-state index contributed by atoms with van der Waals surface area (Å²) >= 11 is 0. The first-order valence-electron chi connectivity index (χ1n) is 4.64. The van der Waals surface area contributed by atoms with Gasteiger partial charge in [0, 0.05) is 6.54 Å². The first-order chi connectivity index (χ1) is 7.89. The molecule has 5 N–H and O–H groups in total. The lowest BCUT2D eigenvalue weighted by molar-refractivity contribution is 0.157. The fourth-order valence-electron chi connectivity index (χ4n) is 1.04. The number of primary amides is 1. The molecular weight excluding hydrogens is 250 g/mol. The number of sulfonamides is 1. The Balaban J connectivity index is 2.33. The lowest BCUT2D eigenvalue weighted by atomic mass is 10.4. The molecule has 0 aliphatic carbocycles. The van der Waals surface area contributed by atoms with Crippen LogP contribution in [0.5, 0.6) is 0 Å². The number of nitrogens with two attached hydrogens (primary N) is 2. The van der Waals surface area contributed by atoms with E-state index in [0.717, 1.165) is 0 Å². The average Bonchev–Trinajstić information content (AvgIpc) is 2.64. The van der Waals surface area contributed by atoms with Crippen LogP contribution in [0.3, 0.4) is 0 Å². The zero-order chi connectivity index (χ0) is 12.9. The van der Waals surface area contributed by atoms with Gasteiger partial charge in [-0.3, -0.25) is 0 Å². The van der Waals surface area contributed by atoms with Gasteiger partial charge in [0.15, 0.2) is 0 Å². The normalized spacial score (nSPS) is 11.4. The summed E-state index contributed by atoms with van der Waals surface area (Å²) < 4.78 is 31.2. The zero-order valence-electron chi connectivity index (χ0n) is 8.88. The largest absolute Gasteiger partial charge is 0.448 e. The molecule has 0 aliphatic rings. The monoisotopic (exact) mass is 263 g/mol. The number of furan rings is 1. The highest BCUT2D eigenvalue weighted by atomic mass is 32.2. The number of amides is 1. The molecule has 0 unspecified atom stereocenters. The van der Waals surface area contributed by atoms with Gasteiger partial charge in [0.05, 0.1) is 6.54 Å². The maximum atomic E-state index is 10.9. The lowest BCUT2D eigenvalue weighted by Gasteiger charge is -2.02. The van der Waals surface area contributed by atoms with Crippen LogP contribution in [0.4, 0.5) is 4.79 Å². The van der Waals surface area contributed by atoms with Crippen molar-refractivity contribution in [1.29, 1.82) is 0 Å². The van der Waals surface area contributed by atoms with E-state index >= 15 is 0 Å². The van der Waals surface area contributed by atoms with Gasteiger partial charge in [-0.05, 0) is 12.1 Å². The molecule has 0 bridgehead atoms. The Labute approximate surface area is 98.0 Å². The van der Waals surface area contributed by atoms with E-state index in [-0.39, 0.29) is 18.2 Å². The number of carbonyl (C=O) groups excluding carboxylic acids is 1. The van der Waals surface area contributed by atoms with E-state index in [1.807, 2.05) is 0 Å². The number of hydrogen-bond acceptors (Lipinski definition) is 6. The highest BCUT2D eigenvalue weighted by Gasteiger charge is 2.12. The quantitative estimate of drug-likeness (QED) is 0.569. The van der Waals surface area contributed by atoms with Gasteiger partial charge in [-0.25, -0.2) is 18.4 Å². The van der Waals surface area contributed by atoms with Gasteiger partial charge in [0.25, 0.3) is 10.0 Å². The second-order valence-corrected chi connectivity index (χ2v) is 4.60. The third kappa shape index (κ3) is 4.85. The van der Waals surface area contributed by atoms with Crippen molar-refractivity contribution in [2.45, 2.75) is 11.6 Å². The number of rotatable bonds is 6. The van der Waals surface area contributed by atoms with Crippen molar-refractivity contribution in [2.24, 2.45) is 10.9 Å². The molecule has 1 heterocycles. The van der Waals surface area contributed by atoms with E-state index in [4.69, 9.17) is 15.3 Å². The molecule has 17 heavy (non-hydrogen) atoms. The Bertz CT molecular complexity index is 481. The summed E-state index contributed by atoms with van der Waals surface area (Å²) in [5.74, 6) is 0.410. The third-order valence-corrected chi connectivity index (χ3v) is 2.52. The van der Waals surface area contributed by atoms with Gasteiger partial charge in [-0.2, -0.15) is 0 Å². The molecule has 8 nitrogen and oxygen atoms in total. The number of nitrogens with one attached hydrogen (secondary N) is 1. The second kappa shape index (κ2) is 5.66. The standard InChI is InChI=1S/C8H13N3O5S/c9-8(12)15-4-3-11-5-6-1-2-7(16-6)17(10,13)14/h1-2,11H,3-5H2,(H2,9,12)(H2,10,13,14). The van der Waals surface area contributed by atoms with Crippen LogP contribution in [-0.4, -0.2) is 27.7 Å². The van der Waals surface area contributed by atoms with Crippen molar-refractivity contribution < 1.29 is 22.4 Å². The number of ether oxygens (including phenoxy) is 1. The van der Waals surface area contributed by atoms with Crippen molar-refractivity contribution in [1.82, 2.24) is 5.32 Å². The molecule has 0 saturated heterocycles. The smallest absolute Gasteiger partial charge is 0.404 e. The van der Waals surface area contributed by atoms with Crippen LogP contribution in [-0.2, 0) is 21.3 Å². The topological polar surface area (TPSA) is 138 Å². The molecule has 0 spiro atoms. The number of carbonyl (C=O) groups is 1. The van der Waals surface area contributed by atoms with Crippen LogP contribution >= 0.6 is 0 Å². The molecule has 1 amide bonds. The van der Waals surface area contributed by atoms with Crippen molar-refractivity contribution in [3.8, 4) is 0 Å². The van der Waals surface area contributed by atoms with Crippen LogP contribution in [0.2, 0.25) is 0 Å². The molecule has 0 aliphatic heterocycles. The van der Waals surface area contributed by atoms with Crippen molar-refractivity contribution in [3.63, 3.8) is 0 Å². The molecule has 96 valence electrons. The van der Waals surface area contributed by atoms with Crippen LogP contribution in [0.15, 0.2) is 21.6 Å². The van der Waals surface area contributed by atoms with Gasteiger partial charge >= 0.3 is 6.09 Å². The van der Waals surface area contributed by atoms with Gasteiger partial charge in [0.1, 0.15) is 12.4 Å². The van der Waals surface area contributed by atoms with E-state index < -0.39 is 16.1 Å². The van der Waals surface area contributed by atoms with Gasteiger partial charge in [-0.1, -0.05) is 0 Å². The predicted molar refractivity (Wildman–Crippen MR) is 57.3 cm³/mol. The van der Waals surface area contributed by atoms with E-state index in [2.05, 4.69) is 10.1 Å². The number of hydrogen-bond donors (Lipinski definition) is 3. The molecular formula is C8H13N3O5S. The fourth-order valence-corrected chi connectivity index (χ4v) is 1.52. The van der Waals surface area contributed by atoms with E-state index in [0.29, 0.717) is 12.3 Å². The molecule has 0 fully saturated rings. The minimum absolute atomic E-state index is 0.123. The molecule has 1 aromatic rings. The first kappa shape index (κ1) is 13.5. The summed E-state index contributed by atoms with van der Waals surface area (Å²) in [7, 11) is -3.81. The molecule has 0 saturated carbocycles. The van der Waals surface area contributed by atoms with Crippen LogP contribution < -0.4 is 16.2 Å². The maximum absolute atomic E-state index is 10.9. The minimum atomic E-state index is -3.81. The molecule has 0 radical (unpaired) electrons. The van der Waals surface area contributed by atoms with Crippen molar-refractivity contribution in [2.75, 3.05) is 13.2 Å². The molecule has 1 rings (SSSR count). The Kier molecular flexibility index (Phi) is 4.49. The van der Waals surface area contributed by atoms with Crippen molar-refractivity contribution >= 4 is 16.1 Å². The molecule has 1 aromatic heterocycles. The SMILES string of the molecule is NC(=O)OCCNCc1ccc(S(N)(=O)=O)o1. The maximum Gasteiger partial charge on any atom is 0.404 e. The Morgan fingerprint density at radius 3 is 2.71 bits per heavy atom. The van der Waals surface area contributed by atoms with E-state index in [1.54, 1.807) is 0 Å². The Morgan fingerprint density at radius 1 is 1.47 bits per heavy atom. The zero-order valence-corrected chi connectivity index (χ0v) is 9.70. The third-order valence-electron chi connectivity index (χ3n) is 1.74. The highest BCUT2D eigenvalue weighted by Crippen LogP contribution is 2.11. The fraction of sp³-hybridized carbons (Fsp3) is 0.375. The molecule has 9 heteroatoms. The van der Waals surface area contributed by atoms with E-state index in [1.165, 1.54) is 12.1 Å². The predicted octanol–water partition coefficient (Wildman–Crippen LogP) is -0.888. The van der Waals surface area contributed by atoms with Gasteiger partial charge in [-0.15, -0.1) is 0 Å². The Morgan fingerprint density at radius 2 is 2.18 bits per heavy atom. The van der Waals surface area contributed by atoms with Crippen LogP contribution in [0, 0.1) is 0 Å². The van der Waals surface area contributed by atoms with Crippen molar-refractivity contribution in [3.05, 3.63) is 17.9 Å². The lowest BCUT2D eigenvalue weighted by Crippen LogP contribution is -2.23. The van der Waals surface area contributed by atoms with Gasteiger partial charge in [0.2, 0.25) is 5.09 Å². The summed E-state index contributed by atoms with van der Waals surface area (Å²) in [4.78, 5) is 10.2. The van der Waals surface area contributed by atoms with Gasteiger partial charge < -0.3 is 20.2 Å². The van der Waals surface area contributed by atoms with Crippen LogP contribution in [0.1, 0.15) is 5.76 Å². The van der Waals surface area contributed by atoms with E-state index in [9.17, 15) is 13.2 Å². The summed E-state index contributed by atoms with van der Waals surface area (Å²) in [6, 6.07) is 2.76.